The highest BCUT2D eigenvalue weighted by molar-refractivity contribution is 14.1. The van der Waals surface area contributed by atoms with Crippen LogP contribution >= 0.6 is 22.9 Å². The topological polar surface area (TPSA) is 41.6 Å². The van der Waals surface area contributed by atoms with Gasteiger partial charge in [-0.2, -0.15) is 5.26 Å². The maximum Gasteiger partial charge on any atom is 0.149 e. The lowest BCUT2D eigenvalue weighted by molar-refractivity contribution is 1.03. The Labute approximate surface area is 119 Å². The summed E-state index contributed by atoms with van der Waals surface area (Å²) in [4.78, 5) is 4.63. The third-order valence-corrected chi connectivity index (χ3v) is 3.96. The molecule has 0 saturated carbocycles. The number of allylic oxidation sites excluding steroid dienone is 4. The highest BCUT2D eigenvalue weighted by Crippen LogP contribution is 2.27. The first-order valence-electron chi connectivity index (χ1n) is 5.75. The largest absolute Gasteiger partial charge is 0.264 e. The standard InChI is InChI=1S/C14H10IN3/c15-18-13-7-6-10(9-16)8-12(13)17-14(18)11-4-2-1-3-5-11/h2,4-8H,1,3H2. The molecule has 88 valence electrons. The summed E-state index contributed by atoms with van der Waals surface area (Å²) in [5.74, 6) is 0.955. The maximum atomic E-state index is 8.91. The Hall–Kier alpha value is -1.61. The minimum Gasteiger partial charge on any atom is -0.264 e. The van der Waals surface area contributed by atoms with Crippen LogP contribution in [0, 0.1) is 11.3 Å². The van der Waals surface area contributed by atoms with E-state index in [4.69, 9.17) is 5.26 Å². The van der Waals surface area contributed by atoms with Crippen LogP contribution < -0.4 is 0 Å². The van der Waals surface area contributed by atoms with Crippen molar-refractivity contribution in [2.24, 2.45) is 0 Å². The second-order valence-corrected chi connectivity index (χ2v) is 5.14. The monoisotopic (exact) mass is 347 g/mol. The Bertz CT molecular complexity index is 716. The van der Waals surface area contributed by atoms with E-state index in [2.05, 4.69) is 54.9 Å². The highest BCUT2D eigenvalue weighted by atomic mass is 127. The van der Waals surface area contributed by atoms with E-state index in [0.717, 1.165) is 35.3 Å². The Balaban J connectivity index is 2.20. The van der Waals surface area contributed by atoms with Crippen molar-refractivity contribution in [3.05, 3.63) is 47.8 Å². The third-order valence-electron chi connectivity index (χ3n) is 2.98. The lowest BCUT2D eigenvalue weighted by Crippen LogP contribution is -1.92. The van der Waals surface area contributed by atoms with Crippen LogP contribution in [-0.4, -0.2) is 7.76 Å². The molecule has 0 spiro atoms. The molecular formula is C14H10IN3. The molecule has 0 bridgehead atoms. The summed E-state index contributed by atoms with van der Waals surface area (Å²) in [7, 11) is 0. The van der Waals surface area contributed by atoms with Crippen LogP contribution in [0.25, 0.3) is 16.6 Å². The Morgan fingerprint density at radius 2 is 2.22 bits per heavy atom. The fourth-order valence-corrected chi connectivity index (χ4v) is 2.87. The van der Waals surface area contributed by atoms with Gasteiger partial charge in [0, 0.05) is 5.57 Å². The van der Waals surface area contributed by atoms with Crippen LogP contribution in [0.15, 0.2) is 36.4 Å². The number of hydrogen-bond acceptors (Lipinski definition) is 2. The van der Waals surface area contributed by atoms with Crippen molar-refractivity contribution < 1.29 is 0 Å². The second-order valence-electron chi connectivity index (χ2n) is 4.17. The number of nitrogens with zero attached hydrogens (tertiary/aromatic N) is 3. The fraction of sp³-hybridized carbons (Fsp3) is 0.143. The molecule has 1 heterocycles. The molecule has 18 heavy (non-hydrogen) atoms. The van der Waals surface area contributed by atoms with Gasteiger partial charge in [-0.15, -0.1) is 0 Å². The summed E-state index contributed by atoms with van der Waals surface area (Å²) in [5.41, 5.74) is 3.73. The van der Waals surface area contributed by atoms with Gasteiger partial charge in [0.1, 0.15) is 5.82 Å². The molecule has 4 heteroatoms. The lowest BCUT2D eigenvalue weighted by atomic mass is 10.1. The van der Waals surface area contributed by atoms with E-state index in [1.807, 2.05) is 18.2 Å². The van der Waals surface area contributed by atoms with Crippen LogP contribution in [0.2, 0.25) is 0 Å². The SMILES string of the molecule is N#Cc1ccc2c(c1)nc(C1=CCCC=C1)n2I. The summed E-state index contributed by atoms with van der Waals surface area (Å²) in [6, 6.07) is 7.76. The van der Waals surface area contributed by atoms with Crippen LogP contribution in [0.5, 0.6) is 0 Å². The van der Waals surface area contributed by atoms with Crippen LogP contribution in [-0.2, 0) is 0 Å². The van der Waals surface area contributed by atoms with Gasteiger partial charge in [0.15, 0.2) is 0 Å². The molecule has 0 atom stereocenters. The van der Waals surface area contributed by atoms with Crippen molar-refractivity contribution in [3.63, 3.8) is 0 Å². The normalized spacial score (nSPS) is 14.6. The van der Waals surface area contributed by atoms with Crippen molar-refractivity contribution in [3.8, 4) is 6.07 Å². The van der Waals surface area contributed by atoms with Crippen molar-refractivity contribution in [1.82, 2.24) is 7.76 Å². The molecule has 3 nitrogen and oxygen atoms in total. The highest BCUT2D eigenvalue weighted by Gasteiger charge is 2.12. The summed E-state index contributed by atoms with van der Waals surface area (Å²) in [6.07, 6.45) is 8.66. The maximum absolute atomic E-state index is 8.91. The van der Waals surface area contributed by atoms with Gasteiger partial charge in [-0.25, -0.2) is 4.98 Å². The zero-order valence-electron chi connectivity index (χ0n) is 9.60. The van der Waals surface area contributed by atoms with E-state index in [-0.39, 0.29) is 0 Å². The number of rotatable bonds is 1. The summed E-state index contributed by atoms with van der Waals surface area (Å²) < 4.78 is 2.05. The van der Waals surface area contributed by atoms with Gasteiger partial charge in [0.2, 0.25) is 0 Å². The quantitative estimate of drug-likeness (QED) is 0.736. The zero-order valence-corrected chi connectivity index (χ0v) is 11.8. The van der Waals surface area contributed by atoms with Gasteiger partial charge in [-0.05, 0) is 31.0 Å². The summed E-state index contributed by atoms with van der Waals surface area (Å²) >= 11 is 2.26. The third kappa shape index (κ3) is 1.85. The predicted octanol–water partition coefficient (Wildman–Crippen LogP) is 3.84. The van der Waals surface area contributed by atoms with Gasteiger partial charge in [0.05, 0.1) is 45.5 Å². The number of imidazole rings is 1. The molecule has 1 aromatic heterocycles. The fourth-order valence-electron chi connectivity index (χ4n) is 2.08. The number of hydrogen-bond donors (Lipinski definition) is 0. The van der Waals surface area contributed by atoms with E-state index < -0.39 is 0 Å². The van der Waals surface area contributed by atoms with Gasteiger partial charge < -0.3 is 0 Å². The molecule has 1 aliphatic carbocycles. The predicted molar refractivity (Wildman–Crippen MR) is 80.2 cm³/mol. The number of fused-ring (bicyclic) bond motifs is 1. The molecule has 0 saturated heterocycles. The van der Waals surface area contributed by atoms with E-state index in [0.29, 0.717) is 5.56 Å². The Kier molecular flexibility index (Phi) is 2.92. The molecule has 0 radical (unpaired) electrons. The molecular weight excluding hydrogens is 337 g/mol. The smallest absolute Gasteiger partial charge is 0.149 e. The Morgan fingerprint density at radius 1 is 1.33 bits per heavy atom. The number of aromatic nitrogens is 2. The van der Waals surface area contributed by atoms with Crippen LogP contribution in [0.4, 0.5) is 0 Å². The summed E-state index contributed by atoms with van der Waals surface area (Å²) in [5, 5.41) is 8.91. The number of halogens is 1. The average Bonchev–Trinajstić information content (AvgIpc) is 2.76. The molecule has 1 aromatic carbocycles. The first-order chi connectivity index (χ1) is 8.79. The molecule has 0 N–H and O–H groups in total. The van der Waals surface area contributed by atoms with Gasteiger partial charge >= 0.3 is 0 Å². The second kappa shape index (κ2) is 4.58. The number of benzene rings is 1. The van der Waals surface area contributed by atoms with E-state index in [9.17, 15) is 0 Å². The summed E-state index contributed by atoms with van der Waals surface area (Å²) in [6.45, 7) is 0. The van der Waals surface area contributed by atoms with Gasteiger partial charge in [-0.1, -0.05) is 18.2 Å². The van der Waals surface area contributed by atoms with Crippen molar-refractivity contribution >= 4 is 39.5 Å². The van der Waals surface area contributed by atoms with Gasteiger partial charge in [0.25, 0.3) is 0 Å². The molecule has 3 rings (SSSR count). The van der Waals surface area contributed by atoms with Gasteiger partial charge in [-0.3, -0.25) is 2.78 Å². The minimum absolute atomic E-state index is 0.650. The Morgan fingerprint density at radius 3 is 2.94 bits per heavy atom. The van der Waals surface area contributed by atoms with Crippen LogP contribution in [0.3, 0.4) is 0 Å². The zero-order chi connectivity index (χ0) is 12.5. The first-order valence-corrected chi connectivity index (χ1v) is 6.72. The van der Waals surface area contributed by atoms with Crippen molar-refractivity contribution in [2.45, 2.75) is 12.8 Å². The van der Waals surface area contributed by atoms with E-state index in [1.165, 1.54) is 0 Å². The molecule has 0 unspecified atom stereocenters. The van der Waals surface area contributed by atoms with Crippen molar-refractivity contribution in [2.75, 3.05) is 0 Å². The molecule has 0 amide bonds. The minimum atomic E-state index is 0.650. The molecule has 1 aliphatic rings. The van der Waals surface area contributed by atoms with E-state index >= 15 is 0 Å². The molecule has 0 fully saturated rings. The van der Waals surface area contributed by atoms with Crippen molar-refractivity contribution in [1.29, 1.82) is 5.26 Å². The van der Waals surface area contributed by atoms with Crippen LogP contribution in [0.1, 0.15) is 24.2 Å². The number of nitriles is 1. The first kappa shape index (κ1) is 11.5. The average molecular weight is 347 g/mol. The molecule has 2 aromatic rings. The van der Waals surface area contributed by atoms with E-state index in [1.54, 1.807) is 0 Å². The lowest BCUT2D eigenvalue weighted by Gasteiger charge is -2.05. The molecule has 0 aliphatic heterocycles.